The monoisotopic (exact) mass is 610 g/mol. The molecule has 0 saturated heterocycles. The van der Waals surface area contributed by atoms with Gasteiger partial charge in [-0.25, -0.2) is 0 Å². The van der Waals surface area contributed by atoms with Crippen LogP contribution in [0.2, 0.25) is 0 Å². The summed E-state index contributed by atoms with van der Waals surface area (Å²) in [6.45, 7) is 10.5. The average molecular weight is 610 g/mol. The van der Waals surface area contributed by atoms with E-state index < -0.39 is 0 Å². The van der Waals surface area contributed by atoms with Crippen LogP contribution in [0.1, 0.15) is 207 Å². The molecule has 5 heteroatoms. The van der Waals surface area contributed by atoms with Gasteiger partial charge in [-0.05, 0) is 77.3 Å². The first-order valence-corrected chi connectivity index (χ1v) is 19.2. The summed E-state index contributed by atoms with van der Waals surface area (Å²) in [6.07, 6.45) is 31.7. The standard InChI is InChI=1S/C38H75NO4/c1-5-9-13-17-21-27-35(28-22-18-14-10-6-2)42-37(40)31-25-33-39-34-26-32-38(41)43-36(29-23-19-15-11-7-3)30-24-20-16-12-8-4/h35-36,39H,5-34H2,1-4H3. The third-order valence-corrected chi connectivity index (χ3v) is 8.58. The molecule has 0 fully saturated rings. The zero-order valence-corrected chi connectivity index (χ0v) is 29.5. The molecule has 5 nitrogen and oxygen atoms in total. The van der Waals surface area contributed by atoms with Crippen LogP contribution in [0.5, 0.6) is 0 Å². The minimum absolute atomic E-state index is 0.0482. The summed E-state index contributed by atoms with van der Waals surface area (Å²) in [5.74, 6) is -0.0964. The Bertz CT molecular complexity index is 518. The quantitative estimate of drug-likeness (QED) is 0.0580. The number of carbonyl (C=O) groups excluding carboxylic acids is 2. The van der Waals surface area contributed by atoms with Gasteiger partial charge in [0.15, 0.2) is 0 Å². The fraction of sp³-hybridized carbons (Fsp3) is 0.947. The second-order valence-corrected chi connectivity index (χ2v) is 13.0. The Kier molecular flexibility index (Phi) is 32.9. The topological polar surface area (TPSA) is 64.6 Å². The average Bonchev–Trinajstić information content (AvgIpc) is 2.99. The van der Waals surface area contributed by atoms with Crippen LogP contribution < -0.4 is 5.32 Å². The lowest BCUT2D eigenvalue weighted by molar-refractivity contribution is -0.150. The Balaban J connectivity index is 4.18. The molecule has 0 saturated carbocycles. The molecule has 0 atom stereocenters. The maximum Gasteiger partial charge on any atom is 0.306 e. The molecular weight excluding hydrogens is 534 g/mol. The van der Waals surface area contributed by atoms with Crippen LogP contribution in [0.15, 0.2) is 0 Å². The summed E-state index contributed by atoms with van der Waals surface area (Å²) in [7, 11) is 0. The van der Waals surface area contributed by atoms with Crippen molar-refractivity contribution < 1.29 is 19.1 Å². The molecule has 256 valence electrons. The van der Waals surface area contributed by atoms with Gasteiger partial charge in [-0.3, -0.25) is 9.59 Å². The molecule has 0 aromatic heterocycles. The Morgan fingerprint density at radius 2 is 0.698 bits per heavy atom. The first-order chi connectivity index (χ1) is 21.1. The molecule has 0 bridgehead atoms. The molecule has 0 spiro atoms. The van der Waals surface area contributed by atoms with Crippen molar-refractivity contribution >= 4 is 11.9 Å². The van der Waals surface area contributed by atoms with Crippen molar-refractivity contribution in [2.24, 2.45) is 0 Å². The van der Waals surface area contributed by atoms with E-state index in [1.807, 2.05) is 0 Å². The van der Waals surface area contributed by atoms with E-state index in [9.17, 15) is 9.59 Å². The van der Waals surface area contributed by atoms with E-state index >= 15 is 0 Å². The lowest BCUT2D eigenvalue weighted by atomic mass is 10.0. The molecule has 0 rings (SSSR count). The van der Waals surface area contributed by atoms with Gasteiger partial charge < -0.3 is 14.8 Å². The number of hydrogen-bond donors (Lipinski definition) is 1. The number of hydrogen-bond acceptors (Lipinski definition) is 5. The Hall–Kier alpha value is -1.10. The van der Waals surface area contributed by atoms with E-state index in [2.05, 4.69) is 33.0 Å². The molecule has 0 heterocycles. The van der Waals surface area contributed by atoms with Crippen LogP contribution in [0.3, 0.4) is 0 Å². The van der Waals surface area contributed by atoms with Gasteiger partial charge in [0, 0.05) is 12.8 Å². The zero-order valence-electron chi connectivity index (χ0n) is 29.5. The van der Waals surface area contributed by atoms with Crippen LogP contribution in [0.4, 0.5) is 0 Å². The first kappa shape index (κ1) is 41.9. The van der Waals surface area contributed by atoms with Crippen LogP contribution in [0, 0.1) is 0 Å². The Labute approximate surface area is 268 Å². The molecule has 0 aromatic rings. The number of nitrogens with one attached hydrogen (secondary N) is 1. The van der Waals surface area contributed by atoms with Crippen molar-refractivity contribution in [1.82, 2.24) is 5.32 Å². The summed E-state index contributed by atoms with van der Waals surface area (Å²) < 4.78 is 11.9. The van der Waals surface area contributed by atoms with Crippen LogP contribution >= 0.6 is 0 Å². The zero-order chi connectivity index (χ0) is 31.6. The SMILES string of the molecule is CCCCCCCC(CCCCCCC)OC(=O)CCCNCCCC(=O)OC(CCCCCCC)CCCCCCC. The minimum atomic E-state index is -0.0482. The predicted octanol–water partition coefficient (Wildman–Crippen LogP) is 11.4. The molecule has 0 aliphatic carbocycles. The number of esters is 2. The highest BCUT2D eigenvalue weighted by Crippen LogP contribution is 2.18. The highest BCUT2D eigenvalue weighted by molar-refractivity contribution is 5.69. The van der Waals surface area contributed by atoms with Gasteiger partial charge in [0.1, 0.15) is 12.2 Å². The third-order valence-electron chi connectivity index (χ3n) is 8.58. The van der Waals surface area contributed by atoms with Crippen molar-refractivity contribution in [2.75, 3.05) is 13.1 Å². The van der Waals surface area contributed by atoms with Gasteiger partial charge >= 0.3 is 11.9 Å². The first-order valence-electron chi connectivity index (χ1n) is 19.2. The van der Waals surface area contributed by atoms with Crippen LogP contribution in [0.25, 0.3) is 0 Å². The summed E-state index contributed by atoms with van der Waals surface area (Å²) in [4.78, 5) is 25.1. The molecule has 43 heavy (non-hydrogen) atoms. The third kappa shape index (κ3) is 30.7. The minimum Gasteiger partial charge on any atom is -0.462 e. The van der Waals surface area contributed by atoms with Gasteiger partial charge in [0.05, 0.1) is 0 Å². The van der Waals surface area contributed by atoms with Crippen molar-refractivity contribution in [3.05, 3.63) is 0 Å². The van der Waals surface area contributed by atoms with Gasteiger partial charge in [-0.15, -0.1) is 0 Å². The molecule has 0 aromatic carbocycles. The van der Waals surface area contributed by atoms with Crippen molar-refractivity contribution in [3.63, 3.8) is 0 Å². The molecule has 0 aliphatic rings. The number of carbonyl (C=O) groups is 2. The normalized spacial score (nSPS) is 11.5. The summed E-state index contributed by atoms with van der Waals surface area (Å²) in [5.41, 5.74) is 0. The smallest absolute Gasteiger partial charge is 0.306 e. The highest BCUT2D eigenvalue weighted by Gasteiger charge is 2.15. The van der Waals surface area contributed by atoms with E-state index in [0.29, 0.717) is 12.8 Å². The maximum atomic E-state index is 12.5. The number of ether oxygens (including phenoxy) is 2. The van der Waals surface area contributed by atoms with Crippen LogP contribution in [-0.4, -0.2) is 37.2 Å². The van der Waals surface area contributed by atoms with E-state index in [4.69, 9.17) is 9.47 Å². The maximum absolute atomic E-state index is 12.5. The Morgan fingerprint density at radius 3 is 0.977 bits per heavy atom. The Morgan fingerprint density at radius 1 is 0.419 bits per heavy atom. The predicted molar refractivity (Wildman–Crippen MR) is 185 cm³/mol. The largest absolute Gasteiger partial charge is 0.462 e. The summed E-state index contributed by atoms with van der Waals surface area (Å²) in [5, 5.41) is 3.40. The van der Waals surface area contributed by atoms with Crippen molar-refractivity contribution in [2.45, 2.75) is 220 Å². The number of unbranched alkanes of at least 4 members (excludes halogenated alkanes) is 16. The second-order valence-electron chi connectivity index (χ2n) is 13.0. The van der Waals surface area contributed by atoms with E-state index in [1.54, 1.807) is 0 Å². The molecule has 0 amide bonds. The fourth-order valence-corrected chi connectivity index (χ4v) is 5.76. The van der Waals surface area contributed by atoms with Gasteiger partial charge in [-0.2, -0.15) is 0 Å². The highest BCUT2D eigenvalue weighted by atomic mass is 16.5. The summed E-state index contributed by atoms with van der Waals surface area (Å²) >= 11 is 0. The van der Waals surface area contributed by atoms with Crippen molar-refractivity contribution in [1.29, 1.82) is 0 Å². The molecule has 0 aliphatic heterocycles. The second kappa shape index (κ2) is 33.8. The molecule has 0 radical (unpaired) electrons. The molecule has 0 unspecified atom stereocenters. The van der Waals surface area contributed by atoms with Crippen LogP contribution in [-0.2, 0) is 19.1 Å². The van der Waals surface area contributed by atoms with Gasteiger partial charge in [0.2, 0.25) is 0 Å². The van der Waals surface area contributed by atoms with Crippen molar-refractivity contribution in [3.8, 4) is 0 Å². The lowest BCUT2D eigenvalue weighted by Gasteiger charge is -2.18. The molecule has 1 N–H and O–H groups in total. The molecular formula is C38H75NO4. The lowest BCUT2D eigenvalue weighted by Crippen LogP contribution is -2.22. The van der Waals surface area contributed by atoms with E-state index in [1.165, 1.54) is 103 Å². The van der Waals surface area contributed by atoms with Gasteiger partial charge in [0.25, 0.3) is 0 Å². The van der Waals surface area contributed by atoms with E-state index in [0.717, 1.165) is 77.3 Å². The number of rotatable bonds is 34. The fourth-order valence-electron chi connectivity index (χ4n) is 5.76. The van der Waals surface area contributed by atoms with E-state index in [-0.39, 0.29) is 24.1 Å². The van der Waals surface area contributed by atoms with Gasteiger partial charge in [-0.1, -0.05) is 130 Å². The summed E-state index contributed by atoms with van der Waals surface area (Å²) in [6, 6.07) is 0.